The predicted molar refractivity (Wildman–Crippen MR) is 98.8 cm³/mol. The van der Waals surface area contributed by atoms with Gasteiger partial charge in [-0.15, -0.1) is 0 Å². The number of carboxylic acid groups (broad SMARTS) is 1. The zero-order chi connectivity index (χ0) is 17.9. The molecule has 0 saturated heterocycles. The molecular formula is C20H20N3O2+. The lowest BCUT2D eigenvalue weighted by atomic mass is 10.0. The molecule has 0 atom stereocenters. The van der Waals surface area contributed by atoms with Crippen molar-refractivity contribution in [2.24, 2.45) is 0 Å². The number of hydrogen-bond acceptors (Lipinski definition) is 2. The van der Waals surface area contributed by atoms with Crippen molar-refractivity contribution >= 4 is 33.9 Å². The van der Waals surface area contributed by atoms with Gasteiger partial charge < -0.3 is 5.11 Å². The minimum atomic E-state index is -0.905. The predicted octanol–water partition coefficient (Wildman–Crippen LogP) is 3.21. The number of aromatic nitrogens is 2. The Labute approximate surface area is 145 Å². The fourth-order valence-electron chi connectivity index (χ4n) is 3.54. The summed E-state index contributed by atoms with van der Waals surface area (Å²) >= 11 is 0. The summed E-state index contributed by atoms with van der Waals surface area (Å²) in [6.07, 6.45) is 2.00. The molecular weight excluding hydrogens is 314 g/mol. The SMILES string of the molecule is Cc1cc2c(C(=O)O)cc3c4cccc[n+]4c(N(C)C)n3c2cc1C. The molecule has 0 fully saturated rings. The van der Waals surface area contributed by atoms with Crippen LogP contribution in [0.4, 0.5) is 5.95 Å². The van der Waals surface area contributed by atoms with Crippen molar-refractivity contribution in [3.8, 4) is 0 Å². The molecule has 0 radical (unpaired) electrons. The Kier molecular flexibility index (Phi) is 3.22. The molecule has 0 spiro atoms. The first kappa shape index (κ1) is 15.4. The highest BCUT2D eigenvalue weighted by atomic mass is 16.4. The summed E-state index contributed by atoms with van der Waals surface area (Å²) < 4.78 is 4.24. The number of aromatic carboxylic acids is 1. The van der Waals surface area contributed by atoms with Gasteiger partial charge in [-0.3, -0.25) is 4.90 Å². The second-order valence-electron chi connectivity index (χ2n) is 6.69. The Morgan fingerprint density at radius 2 is 1.80 bits per heavy atom. The van der Waals surface area contributed by atoms with Gasteiger partial charge in [0.05, 0.1) is 25.9 Å². The molecule has 5 heteroatoms. The van der Waals surface area contributed by atoms with Crippen LogP contribution in [0.15, 0.2) is 42.6 Å². The fourth-order valence-corrected chi connectivity index (χ4v) is 3.54. The zero-order valence-corrected chi connectivity index (χ0v) is 14.7. The number of pyridine rings is 2. The first-order chi connectivity index (χ1) is 11.9. The van der Waals surface area contributed by atoms with E-state index in [0.29, 0.717) is 5.56 Å². The molecule has 0 amide bonds. The molecule has 0 bridgehead atoms. The molecule has 0 aliphatic carbocycles. The van der Waals surface area contributed by atoms with Crippen LogP contribution >= 0.6 is 0 Å². The van der Waals surface area contributed by atoms with Gasteiger partial charge >= 0.3 is 11.9 Å². The average molecular weight is 334 g/mol. The van der Waals surface area contributed by atoms with Crippen molar-refractivity contribution in [2.45, 2.75) is 13.8 Å². The standard InChI is InChI=1S/C20H19N3O2/c1-12-9-14-15(19(24)25)11-18-16-7-5-6-8-22(16)20(21(3)4)23(18)17(14)10-13(12)2/h5-11H,1-4H3/p+1. The summed E-state index contributed by atoms with van der Waals surface area (Å²) in [6, 6.07) is 11.8. The number of benzene rings is 1. The smallest absolute Gasteiger partial charge is 0.369 e. The Morgan fingerprint density at radius 3 is 2.48 bits per heavy atom. The number of imidazole rings is 1. The van der Waals surface area contributed by atoms with Crippen LogP contribution in [0.25, 0.3) is 21.9 Å². The van der Waals surface area contributed by atoms with Crippen LogP contribution in [-0.4, -0.2) is 29.6 Å². The van der Waals surface area contributed by atoms with Gasteiger partial charge in [0.15, 0.2) is 0 Å². The number of carboxylic acids is 1. The molecule has 1 N–H and O–H groups in total. The van der Waals surface area contributed by atoms with E-state index >= 15 is 0 Å². The first-order valence-corrected chi connectivity index (χ1v) is 8.19. The molecule has 0 aliphatic heterocycles. The quantitative estimate of drug-likeness (QED) is 0.573. The van der Waals surface area contributed by atoms with Gasteiger partial charge in [0.2, 0.25) is 0 Å². The lowest BCUT2D eigenvalue weighted by Crippen LogP contribution is -2.29. The van der Waals surface area contributed by atoms with Gasteiger partial charge in [-0.25, -0.2) is 9.20 Å². The van der Waals surface area contributed by atoms with E-state index in [0.717, 1.165) is 39.0 Å². The normalized spacial score (nSPS) is 11.5. The van der Waals surface area contributed by atoms with Crippen molar-refractivity contribution in [1.29, 1.82) is 0 Å². The lowest BCUT2D eigenvalue weighted by molar-refractivity contribution is -0.497. The van der Waals surface area contributed by atoms with Crippen LogP contribution in [0.1, 0.15) is 21.5 Å². The largest absolute Gasteiger partial charge is 0.478 e. The fraction of sp³-hybridized carbons (Fsp3) is 0.200. The van der Waals surface area contributed by atoms with E-state index in [2.05, 4.69) is 26.7 Å². The maximum absolute atomic E-state index is 11.9. The summed E-state index contributed by atoms with van der Waals surface area (Å²) in [5.41, 5.74) is 5.34. The van der Waals surface area contributed by atoms with Crippen molar-refractivity contribution < 1.29 is 14.3 Å². The van der Waals surface area contributed by atoms with Gasteiger partial charge in [-0.05, 0) is 55.3 Å². The number of aryl methyl sites for hydroxylation is 2. The molecule has 0 saturated carbocycles. The van der Waals surface area contributed by atoms with E-state index in [1.165, 1.54) is 0 Å². The van der Waals surface area contributed by atoms with E-state index in [1.54, 1.807) is 6.07 Å². The Bertz CT molecular complexity index is 1170. The molecule has 5 nitrogen and oxygen atoms in total. The highest BCUT2D eigenvalue weighted by Crippen LogP contribution is 2.30. The average Bonchev–Trinajstić information content (AvgIpc) is 2.90. The third-order valence-electron chi connectivity index (χ3n) is 4.83. The first-order valence-electron chi connectivity index (χ1n) is 8.19. The van der Waals surface area contributed by atoms with E-state index in [4.69, 9.17) is 0 Å². The Balaban J connectivity index is 2.38. The van der Waals surface area contributed by atoms with Crippen molar-refractivity contribution in [2.75, 3.05) is 19.0 Å². The number of anilines is 1. The summed E-state index contributed by atoms with van der Waals surface area (Å²) in [4.78, 5) is 14.0. The van der Waals surface area contributed by atoms with Crippen LogP contribution in [0.2, 0.25) is 0 Å². The van der Waals surface area contributed by atoms with E-state index in [-0.39, 0.29) is 0 Å². The maximum atomic E-state index is 11.9. The minimum Gasteiger partial charge on any atom is -0.478 e. The molecule has 1 aromatic carbocycles. The third kappa shape index (κ3) is 2.09. The zero-order valence-electron chi connectivity index (χ0n) is 14.7. The number of carbonyl (C=O) groups is 1. The number of rotatable bonds is 2. The second-order valence-corrected chi connectivity index (χ2v) is 6.69. The topological polar surface area (TPSA) is 49.0 Å². The van der Waals surface area contributed by atoms with Gasteiger partial charge in [-0.1, -0.05) is 6.07 Å². The summed E-state index contributed by atoms with van der Waals surface area (Å²) in [6.45, 7) is 4.07. The lowest BCUT2D eigenvalue weighted by Gasteiger charge is -2.10. The second kappa shape index (κ2) is 5.21. The van der Waals surface area contributed by atoms with Crippen molar-refractivity contribution in [3.63, 3.8) is 0 Å². The molecule has 0 unspecified atom stereocenters. The van der Waals surface area contributed by atoms with Gasteiger partial charge in [0.1, 0.15) is 16.6 Å². The Morgan fingerprint density at radius 1 is 1.08 bits per heavy atom. The molecule has 3 aromatic heterocycles. The van der Waals surface area contributed by atoms with Crippen molar-refractivity contribution in [1.82, 2.24) is 4.40 Å². The van der Waals surface area contributed by atoms with Gasteiger partial charge in [0.25, 0.3) is 0 Å². The minimum absolute atomic E-state index is 0.333. The van der Waals surface area contributed by atoms with Crippen molar-refractivity contribution in [3.05, 3.63) is 59.3 Å². The van der Waals surface area contributed by atoms with Crippen LogP contribution in [0, 0.1) is 13.8 Å². The van der Waals surface area contributed by atoms with Crippen LogP contribution < -0.4 is 9.30 Å². The summed E-state index contributed by atoms with van der Waals surface area (Å²) in [5, 5.41) is 10.5. The van der Waals surface area contributed by atoms with E-state index in [9.17, 15) is 9.90 Å². The van der Waals surface area contributed by atoms with E-state index in [1.807, 2.05) is 51.5 Å². The number of hydrogen-bond donors (Lipinski definition) is 1. The third-order valence-corrected chi connectivity index (χ3v) is 4.83. The molecule has 4 rings (SSSR count). The summed E-state index contributed by atoms with van der Waals surface area (Å²) in [5.74, 6) is 0.0771. The van der Waals surface area contributed by atoms with Crippen LogP contribution in [0.3, 0.4) is 0 Å². The molecule has 126 valence electrons. The van der Waals surface area contributed by atoms with Gasteiger partial charge in [-0.2, -0.15) is 4.40 Å². The molecule has 0 aliphatic rings. The molecule has 25 heavy (non-hydrogen) atoms. The highest BCUT2D eigenvalue weighted by Gasteiger charge is 2.26. The number of fused-ring (bicyclic) bond motifs is 5. The van der Waals surface area contributed by atoms with Crippen LogP contribution in [-0.2, 0) is 0 Å². The molecule has 3 heterocycles. The van der Waals surface area contributed by atoms with E-state index < -0.39 is 5.97 Å². The molecule has 4 aromatic rings. The Hall–Kier alpha value is -3.08. The number of nitrogens with zero attached hydrogens (tertiary/aromatic N) is 3. The van der Waals surface area contributed by atoms with Crippen LogP contribution in [0.5, 0.6) is 0 Å². The van der Waals surface area contributed by atoms with Gasteiger partial charge in [0, 0.05) is 5.39 Å². The maximum Gasteiger partial charge on any atom is 0.369 e. The monoisotopic (exact) mass is 334 g/mol. The summed E-state index contributed by atoms with van der Waals surface area (Å²) in [7, 11) is 4.00. The highest BCUT2D eigenvalue weighted by molar-refractivity contribution is 6.06.